The van der Waals surface area contributed by atoms with Crippen LogP contribution in [0, 0.1) is 0 Å². The number of hydrogen-bond acceptors (Lipinski definition) is 6. The number of rotatable bonds is 5. The van der Waals surface area contributed by atoms with Gasteiger partial charge in [-0.25, -0.2) is 0 Å². The molecule has 27 heavy (non-hydrogen) atoms. The summed E-state index contributed by atoms with van der Waals surface area (Å²) < 4.78 is 0. The zero-order valence-electron chi connectivity index (χ0n) is 15.1. The third-order valence-electron chi connectivity index (χ3n) is 5.65. The predicted molar refractivity (Wildman–Crippen MR) is 95.8 cm³/mol. The summed E-state index contributed by atoms with van der Waals surface area (Å²) in [7, 11) is 1.96. The third-order valence-corrected chi connectivity index (χ3v) is 5.65. The smallest absolute Gasteiger partial charge is 0.262 e. The summed E-state index contributed by atoms with van der Waals surface area (Å²) in [5.41, 5.74) is 1.56. The number of carbonyl (C=O) groups excluding carboxylic acids is 4. The molecule has 1 saturated carbocycles. The lowest BCUT2D eigenvalue weighted by atomic mass is 9.87. The normalized spacial score (nSPS) is 27.4. The van der Waals surface area contributed by atoms with Gasteiger partial charge in [-0.2, -0.15) is 0 Å². The van der Waals surface area contributed by atoms with Crippen LogP contribution in [0.3, 0.4) is 0 Å². The van der Waals surface area contributed by atoms with Gasteiger partial charge < -0.3 is 10.6 Å². The van der Waals surface area contributed by atoms with Gasteiger partial charge in [0.2, 0.25) is 11.8 Å². The van der Waals surface area contributed by atoms with E-state index in [0.29, 0.717) is 29.8 Å². The molecule has 1 aromatic carbocycles. The molecule has 2 aliphatic heterocycles. The van der Waals surface area contributed by atoms with Crippen molar-refractivity contribution in [1.29, 1.82) is 0 Å². The molecule has 0 aromatic heterocycles. The van der Waals surface area contributed by atoms with Gasteiger partial charge in [0.1, 0.15) is 6.04 Å². The van der Waals surface area contributed by atoms with Gasteiger partial charge in [-0.1, -0.05) is 6.07 Å². The standard InChI is InChI=1S/C19H22N4O4/c1-20-11-7-12(8-11)21-9-10-2-3-13-14(6-10)19(27)23(18(13)26)15-4-5-16(24)22-17(15)25/h2-3,6,11-12,15,20-21H,4-5,7-9H2,1H3,(H,22,24,25). The molecule has 2 fully saturated rings. The van der Waals surface area contributed by atoms with Crippen LogP contribution in [0.1, 0.15) is 52.0 Å². The maximum atomic E-state index is 12.8. The Labute approximate surface area is 156 Å². The van der Waals surface area contributed by atoms with Gasteiger partial charge in [-0.15, -0.1) is 0 Å². The van der Waals surface area contributed by atoms with E-state index in [2.05, 4.69) is 16.0 Å². The Balaban J connectivity index is 1.47. The van der Waals surface area contributed by atoms with E-state index in [1.807, 2.05) is 13.1 Å². The Morgan fingerprint density at radius 1 is 1.07 bits per heavy atom. The first-order valence-electron chi connectivity index (χ1n) is 9.23. The molecule has 4 amide bonds. The monoisotopic (exact) mass is 370 g/mol. The first-order chi connectivity index (χ1) is 13.0. The maximum Gasteiger partial charge on any atom is 0.262 e. The highest BCUT2D eigenvalue weighted by Crippen LogP contribution is 2.28. The van der Waals surface area contributed by atoms with Crippen molar-refractivity contribution in [2.75, 3.05) is 7.05 Å². The molecule has 0 spiro atoms. The van der Waals surface area contributed by atoms with Crippen LogP contribution in [0.5, 0.6) is 0 Å². The van der Waals surface area contributed by atoms with Gasteiger partial charge in [-0.3, -0.25) is 29.4 Å². The first-order valence-corrected chi connectivity index (χ1v) is 9.23. The Morgan fingerprint density at radius 2 is 1.81 bits per heavy atom. The summed E-state index contributed by atoms with van der Waals surface area (Å²) in [6.07, 6.45) is 2.43. The van der Waals surface area contributed by atoms with Crippen LogP contribution in [0.4, 0.5) is 0 Å². The van der Waals surface area contributed by atoms with Crippen molar-refractivity contribution in [2.24, 2.45) is 0 Å². The number of hydrogen-bond donors (Lipinski definition) is 3. The number of piperidine rings is 1. The maximum absolute atomic E-state index is 12.8. The molecule has 8 heteroatoms. The average molecular weight is 370 g/mol. The van der Waals surface area contributed by atoms with Crippen LogP contribution in [0.25, 0.3) is 0 Å². The fourth-order valence-corrected chi connectivity index (χ4v) is 3.91. The quantitative estimate of drug-likeness (QED) is 0.626. The molecule has 142 valence electrons. The second kappa shape index (κ2) is 6.86. The van der Waals surface area contributed by atoms with Crippen LogP contribution in [0.15, 0.2) is 18.2 Å². The molecule has 1 saturated heterocycles. The Hall–Kier alpha value is -2.58. The first kappa shape index (κ1) is 17.8. The minimum absolute atomic E-state index is 0.119. The van der Waals surface area contributed by atoms with Crippen molar-refractivity contribution in [3.63, 3.8) is 0 Å². The predicted octanol–water partition coefficient (Wildman–Crippen LogP) is -0.0722. The van der Waals surface area contributed by atoms with Gasteiger partial charge in [-0.05, 0) is 44.0 Å². The Bertz CT molecular complexity index is 831. The molecule has 2 heterocycles. The van der Waals surface area contributed by atoms with Crippen molar-refractivity contribution >= 4 is 23.6 Å². The second-order valence-corrected chi connectivity index (χ2v) is 7.36. The van der Waals surface area contributed by atoms with Gasteiger partial charge in [0.05, 0.1) is 11.1 Å². The number of carbonyl (C=O) groups is 4. The lowest BCUT2D eigenvalue weighted by Gasteiger charge is -2.35. The highest BCUT2D eigenvalue weighted by molar-refractivity contribution is 6.23. The summed E-state index contributed by atoms with van der Waals surface area (Å²) in [5.74, 6) is -1.91. The van der Waals surface area contributed by atoms with Crippen LogP contribution < -0.4 is 16.0 Å². The second-order valence-electron chi connectivity index (χ2n) is 7.36. The van der Waals surface area contributed by atoms with Crippen LogP contribution in [-0.2, 0) is 16.1 Å². The summed E-state index contributed by atoms with van der Waals surface area (Å²) in [6.45, 7) is 0.619. The van der Waals surface area contributed by atoms with E-state index in [9.17, 15) is 19.2 Å². The van der Waals surface area contributed by atoms with Gasteiger partial charge in [0.25, 0.3) is 11.8 Å². The Kier molecular flexibility index (Phi) is 4.53. The number of amides is 4. The van der Waals surface area contributed by atoms with Crippen molar-refractivity contribution in [1.82, 2.24) is 20.9 Å². The SMILES string of the molecule is CNC1CC(NCc2ccc3c(c2)C(=O)N(C2CCC(=O)NC2=O)C3=O)C1. The van der Waals surface area contributed by atoms with Crippen LogP contribution in [-0.4, -0.2) is 53.7 Å². The van der Waals surface area contributed by atoms with E-state index < -0.39 is 23.8 Å². The number of imide groups is 2. The molecule has 4 rings (SSSR count). The number of benzene rings is 1. The zero-order valence-corrected chi connectivity index (χ0v) is 15.1. The number of nitrogens with one attached hydrogen (secondary N) is 3. The zero-order chi connectivity index (χ0) is 19.1. The summed E-state index contributed by atoms with van der Waals surface area (Å²) in [4.78, 5) is 49.8. The fraction of sp³-hybridized carbons (Fsp3) is 0.474. The van der Waals surface area contributed by atoms with Gasteiger partial charge in [0, 0.05) is 25.0 Å². The van der Waals surface area contributed by atoms with Crippen molar-refractivity contribution < 1.29 is 19.2 Å². The summed E-state index contributed by atoms with van der Waals surface area (Å²) in [5, 5.41) is 8.89. The van der Waals surface area contributed by atoms with Crippen LogP contribution in [0.2, 0.25) is 0 Å². The van der Waals surface area contributed by atoms with E-state index >= 15 is 0 Å². The van der Waals surface area contributed by atoms with Gasteiger partial charge in [0.15, 0.2) is 0 Å². The fourth-order valence-electron chi connectivity index (χ4n) is 3.91. The van der Waals surface area contributed by atoms with Crippen molar-refractivity contribution in [3.05, 3.63) is 34.9 Å². The number of nitrogens with zero attached hydrogens (tertiary/aromatic N) is 1. The lowest BCUT2D eigenvalue weighted by Crippen LogP contribution is -2.54. The highest BCUT2D eigenvalue weighted by atomic mass is 16.2. The van der Waals surface area contributed by atoms with E-state index in [4.69, 9.17) is 0 Å². The molecule has 0 radical (unpaired) electrons. The molecule has 1 aliphatic carbocycles. The van der Waals surface area contributed by atoms with Gasteiger partial charge >= 0.3 is 0 Å². The molecular weight excluding hydrogens is 348 g/mol. The summed E-state index contributed by atoms with van der Waals surface area (Å²) in [6, 6.07) is 5.29. The molecule has 3 N–H and O–H groups in total. The van der Waals surface area contributed by atoms with E-state index in [1.54, 1.807) is 12.1 Å². The average Bonchev–Trinajstić information content (AvgIpc) is 2.85. The topological polar surface area (TPSA) is 108 Å². The molecule has 3 aliphatic rings. The molecule has 1 atom stereocenters. The molecule has 0 bridgehead atoms. The van der Waals surface area contributed by atoms with E-state index in [1.165, 1.54) is 0 Å². The number of fused-ring (bicyclic) bond motifs is 1. The largest absolute Gasteiger partial charge is 0.317 e. The summed E-state index contributed by atoms with van der Waals surface area (Å²) >= 11 is 0. The van der Waals surface area contributed by atoms with Crippen LogP contribution >= 0.6 is 0 Å². The minimum Gasteiger partial charge on any atom is -0.317 e. The van der Waals surface area contributed by atoms with E-state index in [0.717, 1.165) is 23.3 Å². The molecule has 1 unspecified atom stereocenters. The van der Waals surface area contributed by atoms with Crippen molar-refractivity contribution in [3.8, 4) is 0 Å². The molecule has 8 nitrogen and oxygen atoms in total. The Morgan fingerprint density at radius 3 is 2.52 bits per heavy atom. The van der Waals surface area contributed by atoms with E-state index in [-0.39, 0.29) is 18.7 Å². The minimum atomic E-state index is -0.926. The molecule has 1 aromatic rings. The highest BCUT2D eigenvalue weighted by Gasteiger charge is 2.44. The third kappa shape index (κ3) is 3.15. The van der Waals surface area contributed by atoms with Crippen molar-refractivity contribution in [2.45, 2.75) is 50.4 Å². The molecular formula is C19H22N4O4. The lowest BCUT2D eigenvalue weighted by molar-refractivity contribution is -0.136.